The second-order valence-electron chi connectivity index (χ2n) is 4.59. The summed E-state index contributed by atoms with van der Waals surface area (Å²) in [4.78, 5) is 12.8. The first-order valence-corrected chi connectivity index (χ1v) is 6.61. The van der Waals surface area contributed by atoms with Crippen molar-refractivity contribution >= 4 is 17.2 Å². The van der Waals surface area contributed by atoms with Crippen LogP contribution < -0.4 is 11.1 Å². The molecule has 1 heterocycles. The number of thiophene rings is 1. The predicted molar refractivity (Wildman–Crippen MR) is 66.4 cm³/mol. The van der Waals surface area contributed by atoms with Gasteiger partial charge in [0.2, 0.25) is 5.91 Å². The normalized spacial score (nSPS) is 17.8. The molecule has 2 rings (SSSR count). The van der Waals surface area contributed by atoms with Crippen molar-refractivity contribution in [3.05, 3.63) is 22.4 Å². The van der Waals surface area contributed by atoms with Crippen molar-refractivity contribution in [3.63, 3.8) is 0 Å². The summed E-state index contributed by atoms with van der Waals surface area (Å²) in [5, 5.41) is 5.00. The molecule has 16 heavy (non-hydrogen) atoms. The topological polar surface area (TPSA) is 55.1 Å². The van der Waals surface area contributed by atoms with Crippen LogP contribution in [0, 0.1) is 5.41 Å². The van der Waals surface area contributed by atoms with Crippen LogP contribution in [0.1, 0.15) is 24.1 Å². The third kappa shape index (κ3) is 2.62. The van der Waals surface area contributed by atoms with Crippen LogP contribution in [0.5, 0.6) is 0 Å². The zero-order valence-corrected chi connectivity index (χ0v) is 10.2. The smallest absolute Gasteiger partial charge is 0.225 e. The molecule has 0 spiro atoms. The van der Waals surface area contributed by atoms with Gasteiger partial charge in [0.05, 0.1) is 6.42 Å². The summed E-state index contributed by atoms with van der Waals surface area (Å²) in [5.74, 6) is 0.113. The van der Waals surface area contributed by atoms with E-state index in [0.717, 1.165) is 24.3 Å². The fourth-order valence-corrected chi connectivity index (χ4v) is 2.75. The first-order valence-electron chi connectivity index (χ1n) is 5.73. The minimum absolute atomic E-state index is 0.113. The highest BCUT2D eigenvalue weighted by Crippen LogP contribution is 2.39. The van der Waals surface area contributed by atoms with E-state index in [4.69, 9.17) is 5.73 Å². The average Bonchev–Trinajstić information content (AvgIpc) is 2.69. The van der Waals surface area contributed by atoms with Crippen molar-refractivity contribution < 1.29 is 4.79 Å². The minimum atomic E-state index is 0.113. The van der Waals surface area contributed by atoms with Gasteiger partial charge in [-0.05, 0) is 36.2 Å². The van der Waals surface area contributed by atoms with E-state index in [1.54, 1.807) is 11.3 Å². The van der Waals surface area contributed by atoms with Crippen molar-refractivity contribution in [3.8, 4) is 0 Å². The van der Waals surface area contributed by atoms with Crippen LogP contribution in [0.15, 0.2) is 17.5 Å². The summed E-state index contributed by atoms with van der Waals surface area (Å²) in [6, 6.07) is 3.97. The van der Waals surface area contributed by atoms with Crippen molar-refractivity contribution in [2.45, 2.75) is 25.7 Å². The molecule has 0 aliphatic heterocycles. The SMILES string of the molecule is NCC1(CNC(=O)Cc2cccs2)CCC1. The average molecular weight is 238 g/mol. The van der Waals surface area contributed by atoms with Gasteiger partial charge >= 0.3 is 0 Å². The number of nitrogens with two attached hydrogens (primary N) is 1. The predicted octanol–water partition coefficient (Wildman–Crippen LogP) is 1.54. The molecule has 0 aromatic carbocycles. The Hall–Kier alpha value is -0.870. The summed E-state index contributed by atoms with van der Waals surface area (Å²) in [5.41, 5.74) is 5.94. The second kappa shape index (κ2) is 4.97. The molecule has 1 aliphatic rings. The van der Waals surface area contributed by atoms with Crippen molar-refractivity contribution in [1.82, 2.24) is 5.32 Å². The number of rotatable bonds is 5. The van der Waals surface area contributed by atoms with Gasteiger partial charge in [-0.1, -0.05) is 12.5 Å². The first kappa shape index (κ1) is 11.6. The van der Waals surface area contributed by atoms with Crippen LogP contribution in [0.4, 0.5) is 0 Å². The van der Waals surface area contributed by atoms with Gasteiger partial charge in [-0.15, -0.1) is 11.3 Å². The number of hydrogen-bond acceptors (Lipinski definition) is 3. The Morgan fingerprint density at radius 3 is 2.88 bits per heavy atom. The maximum absolute atomic E-state index is 11.7. The highest BCUT2D eigenvalue weighted by atomic mass is 32.1. The molecular formula is C12H18N2OS. The molecule has 1 aliphatic carbocycles. The van der Waals surface area contributed by atoms with Crippen molar-refractivity contribution in [2.24, 2.45) is 11.1 Å². The summed E-state index contributed by atoms with van der Waals surface area (Å²) < 4.78 is 0. The van der Waals surface area contributed by atoms with Crippen LogP contribution in [0.25, 0.3) is 0 Å². The Balaban J connectivity index is 1.75. The molecule has 0 atom stereocenters. The Bertz CT molecular complexity index is 338. The molecule has 0 unspecified atom stereocenters. The second-order valence-corrected chi connectivity index (χ2v) is 5.62. The van der Waals surface area contributed by atoms with Gasteiger partial charge < -0.3 is 11.1 Å². The standard InChI is InChI=1S/C12H18N2OS/c13-8-12(4-2-5-12)9-14-11(15)7-10-3-1-6-16-10/h1,3,6H,2,4-5,7-9,13H2,(H,14,15). The summed E-state index contributed by atoms with van der Waals surface area (Å²) in [6.07, 6.45) is 4.06. The monoisotopic (exact) mass is 238 g/mol. The van der Waals surface area contributed by atoms with Crippen molar-refractivity contribution in [1.29, 1.82) is 0 Å². The first-order chi connectivity index (χ1) is 7.74. The number of nitrogens with one attached hydrogen (secondary N) is 1. The van der Waals surface area contributed by atoms with Gasteiger partial charge in [-0.2, -0.15) is 0 Å². The lowest BCUT2D eigenvalue weighted by Gasteiger charge is -2.41. The molecule has 1 aromatic rings. The Morgan fingerprint density at radius 1 is 1.56 bits per heavy atom. The summed E-state index contributed by atoms with van der Waals surface area (Å²) >= 11 is 1.62. The van der Waals surface area contributed by atoms with E-state index in [1.165, 1.54) is 6.42 Å². The van der Waals surface area contributed by atoms with Crippen LogP contribution >= 0.6 is 11.3 Å². The van der Waals surface area contributed by atoms with Crippen LogP contribution in [0.3, 0.4) is 0 Å². The zero-order valence-electron chi connectivity index (χ0n) is 9.37. The molecule has 0 bridgehead atoms. The van der Waals surface area contributed by atoms with E-state index in [9.17, 15) is 4.79 Å². The third-order valence-corrected chi connectivity index (χ3v) is 4.30. The molecular weight excluding hydrogens is 220 g/mol. The summed E-state index contributed by atoms with van der Waals surface area (Å²) in [6.45, 7) is 1.43. The molecule has 88 valence electrons. The van der Waals surface area contributed by atoms with E-state index in [1.807, 2.05) is 17.5 Å². The van der Waals surface area contributed by atoms with Crippen molar-refractivity contribution in [2.75, 3.05) is 13.1 Å². The minimum Gasteiger partial charge on any atom is -0.355 e. The third-order valence-electron chi connectivity index (χ3n) is 3.42. The fourth-order valence-electron chi connectivity index (χ4n) is 2.05. The van der Waals surface area contributed by atoms with Gasteiger partial charge in [0, 0.05) is 11.4 Å². The Kier molecular flexibility index (Phi) is 3.61. The van der Waals surface area contributed by atoms with Gasteiger partial charge in [0.1, 0.15) is 0 Å². The number of carbonyl (C=O) groups is 1. The largest absolute Gasteiger partial charge is 0.355 e. The molecule has 4 heteroatoms. The van der Waals surface area contributed by atoms with Gasteiger partial charge in [0.25, 0.3) is 0 Å². The van der Waals surface area contributed by atoms with Gasteiger partial charge in [0.15, 0.2) is 0 Å². The zero-order chi connectivity index (χ0) is 11.4. The van der Waals surface area contributed by atoms with Crippen LogP contribution in [-0.2, 0) is 11.2 Å². The molecule has 1 aromatic heterocycles. The molecule has 1 amide bonds. The lowest BCUT2D eigenvalue weighted by Crippen LogP contribution is -2.47. The van der Waals surface area contributed by atoms with Crippen LogP contribution in [-0.4, -0.2) is 19.0 Å². The van der Waals surface area contributed by atoms with E-state index in [-0.39, 0.29) is 11.3 Å². The fraction of sp³-hybridized carbons (Fsp3) is 0.583. The van der Waals surface area contributed by atoms with E-state index < -0.39 is 0 Å². The number of hydrogen-bond donors (Lipinski definition) is 2. The highest BCUT2D eigenvalue weighted by Gasteiger charge is 2.35. The Labute approximate surface area is 100 Å². The lowest BCUT2D eigenvalue weighted by molar-refractivity contribution is -0.121. The molecule has 3 N–H and O–H groups in total. The number of carbonyl (C=O) groups excluding carboxylic acids is 1. The maximum Gasteiger partial charge on any atom is 0.225 e. The highest BCUT2D eigenvalue weighted by molar-refractivity contribution is 7.10. The molecule has 0 radical (unpaired) electrons. The van der Waals surface area contributed by atoms with Crippen LogP contribution in [0.2, 0.25) is 0 Å². The molecule has 1 fully saturated rings. The molecule has 0 saturated heterocycles. The summed E-state index contributed by atoms with van der Waals surface area (Å²) in [7, 11) is 0. The quantitative estimate of drug-likeness (QED) is 0.817. The van der Waals surface area contributed by atoms with E-state index >= 15 is 0 Å². The van der Waals surface area contributed by atoms with Gasteiger partial charge in [-0.25, -0.2) is 0 Å². The number of amides is 1. The maximum atomic E-state index is 11.7. The Morgan fingerprint density at radius 2 is 2.38 bits per heavy atom. The lowest BCUT2D eigenvalue weighted by atomic mass is 9.69. The van der Waals surface area contributed by atoms with Gasteiger partial charge in [-0.3, -0.25) is 4.79 Å². The molecule has 3 nitrogen and oxygen atoms in total. The van der Waals surface area contributed by atoms with E-state index in [0.29, 0.717) is 13.0 Å². The molecule has 1 saturated carbocycles. The van der Waals surface area contributed by atoms with E-state index in [2.05, 4.69) is 5.32 Å².